The van der Waals surface area contributed by atoms with E-state index in [1.807, 2.05) is 0 Å². The zero-order valence-corrected chi connectivity index (χ0v) is 12.8. The molecule has 0 radical (unpaired) electrons. The molecule has 4 saturated carbocycles. The molecule has 0 nitrogen and oxygen atoms in total. The average molecular weight is 299 g/mol. The van der Waals surface area contributed by atoms with Crippen molar-refractivity contribution in [2.24, 2.45) is 17.8 Å². The van der Waals surface area contributed by atoms with Gasteiger partial charge >= 0.3 is 92.9 Å². The molecule has 0 aromatic heterocycles. The molecule has 0 aromatic rings. The summed E-state index contributed by atoms with van der Waals surface area (Å²) in [6.07, 6.45) is 9.79. The van der Waals surface area contributed by atoms with Gasteiger partial charge in [0.25, 0.3) is 0 Å². The Morgan fingerprint density at radius 1 is 0.786 bits per heavy atom. The van der Waals surface area contributed by atoms with E-state index in [-0.39, 0.29) is 0 Å². The molecule has 0 saturated heterocycles. The second-order valence-corrected chi connectivity index (χ2v) is 23.3. The summed E-state index contributed by atoms with van der Waals surface area (Å²) in [5.74, 6) is 3.49. The predicted octanol–water partition coefficient (Wildman–Crippen LogP) is 4.30. The Labute approximate surface area is 92.7 Å². The van der Waals surface area contributed by atoms with Crippen LogP contribution in [0.25, 0.3) is 0 Å². The summed E-state index contributed by atoms with van der Waals surface area (Å²) in [7, 11) is 0. The van der Waals surface area contributed by atoms with Gasteiger partial charge < -0.3 is 0 Å². The number of hydrogen-bond donors (Lipinski definition) is 0. The molecule has 4 rings (SSSR count). The van der Waals surface area contributed by atoms with E-state index < -0.39 is 18.4 Å². The van der Waals surface area contributed by atoms with Gasteiger partial charge in [0, 0.05) is 0 Å². The summed E-state index contributed by atoms with van der Waals surface area (Å²) in [6, 6.07) is 0. The summed E-state index contributed by atoms with van der Waals surface area (Å²) < 4.78 is 0.948. The Morgan fingerprint density at radius 2 is 1.14 bits per heavy atom. The molecule has 0 aromatic carbocycles. The van der Waals surface area contributed by atoms with Crippen molar-refractivity contribution in [2.75, 3.05) is 0 Å². The van der Waals surface area contributed by atoms with Crippen molar-refractivity contribution in [1.82, 2.24) is 0 Å². The Morgan fingerprint density at radius 3 is 1.43 bits per heavy atom. The molecule has 0 atom stereocenters. The third kappa shape index (κ3) is 1.32. The van der Waals surface area contributed by atoms with E-state index in [2.05, 4.69) is 14.8 Å². The molecule has 0 unspecified atom stereocenters. The Hall–Kier alpha value is 0.799. The SMILES string of the molecule is [CH3][Sn]([CH3])([CH3])[C]12CC3CC(CC(C3)C1)C2. The van der Waals surface area contributed by atoms with Crippen LogP contribution >= 0.6 is 0 Å². The number of hydrogen-bond acceptors (Lipinski definition) is 0. The second kappa shape index (κ2) is 2.92. The molecule has 0 heterocycles. The minimum absolute atomic E-state index is 0.948. The average Bonchev–Trinajstić information content (AvgIpc) is 1.98. The Balaban J connectivity index is 1.95. The Bertz CT molecular complexity index is 213. The summed E-state index contributed by atoms with van der Waals surface area (Å²) in [4.78, 5) is 8.09. The summed E-state index contributed by atoms with van der Waals surface area (Å²) in [5.41, 5.74) is 0. The van der Waals surface area contributed by atoms with Gasteiger partial charge in [-0.2, -0.15) is 0 Å². The molecule has 1 heteroatoms. The molecular formula is C13H24Sn. The summed E-state index contributed by atoms with van der Waals surface area (Å²) >= 11 is -1.66. The van der Waals surface area contributed by atoms with Gasteiger partial charge in [0.1, 0.15) is 0 Å². The first-order valence-electron chi connectivity index (χ1n) is 6.48. The van der Waals surface area contributed by atoms with Crippen molar-refractivity contribution in [1.29, 1.82) is 0 Å². The minimum atomic E-state index is -1.66. The first kappa shape index (κ1) is 9.99. The van der Waals surface area contributed by atoms with Crippen molar-refractivity contribution in [3.05, 3.63) is 0 Å². The first-order chi connectivity index (χ1) is 6.48. The topological polar surface area (TPSA) is 0 Å². The van der Waals surface area contributed by atoms with Gasteiger partial charge in [-0.25, -0.2) is 0 Å². The standard InChI is InChI=1S/C10H15.3CH3.Sn/c1-7-2-9-4-8(1)5-10(3-7)6-9;;;;/h7-9H,1-6H2;3*1H3;. The monoisotopic (exact) mass is 300 g/mol. The van der Waals surface area contributed by atoms with Gasteiger partial charge in [-0.15, -0.1) is 0 Å². The van der Waals surface area contributed by atoms with Gasteiger partial charge in [-0.1, -0.05) is 0 Å². The predicted molar refractivity (Wildman–Crippen MR) is 64.2 cm³/mol. The van der Waals surface area contributed by atoms with Crippen molar-refractivity contribution < 1.29 is 0 Å². The van der Waals surface area contributed by atoms with Crippen LogP contribution in [-0.4, -0.2) is 18.4 Å². The van der Waals surface area contributed by atoms with Gasteiger partial charge in [-0.3, -0.25) is 0 Å². The van der Waals surface area contributed by atoms with Crippen LogP contribution in [0.2, 0.25) is 18.2 Å². The first-order valence-corrected chi connectivity index (χ1v) is 16.5. The van der Waals surface area contributed by atoms with E-state index >= 15 is 0 Å². The summed E-state index contributed by atoms with van der Waals surface area (Å²) in [6.45, 7) is 0. The van der Waals surface area contributed by atoms with E-state index in [1.54, 1.807) is 38.5 Å². The van der Waals surface area contributed by atoms with Crippen LogP contribution in [0.15, 0.2) is 0 Å². The second-order valence-electron chi connectivity index (χ2n) is 7.45. The normalized spacial score (nSPS) is 51.2. The zero-order chi connectivity index (χ0) is 9.97. The fourth-order valence-corrected chi connectivity index (χ4v) is 12.7. The van der Waals surface area contributed by atoms with Crippen LogP contribution < -0.4 is 0 Å². The quantitative estimate of drug-likeness (QED) is 0.633. The molecule has 0 N–H and O–H groups in total. The summed E-state index contributed by atoms with van der Waals surface area (Å²) in [5, 5.41) is 0. The van der Waals surface area contributed by atoms with Crippen molar-refractivity contribution >= 4 is 18.4 Å². The van der Waals surface area contributed by atoms with E-state index in [4.69, 9.17) is 0 Å². The number of rotatable bonds is 1. The van der Waals surface area contributed by atoms with E-state index in [9.17, 15) is 0 Å². The third-order valence-corrected chi connectivity index (χ3v) is 16.5. The molecule has 0 aliphatic heterocycles. The maximum atomic E-state index is 2.70. The van der Waals surface area contributed by atoms with Gasteiger partial charge in [-0.05, 0) is 0 Å². The zero-order valence-electron chi connectivity index (χ0n) is 9.97. The maximum absolute atomic E-state index is 2.70. The molecule has 14 heavy (non-hydrogen) atoms. The van der Waals surface area contributed by atoms with Crippen molar-refractivity contribution in [3.63, 3.8) is 0 Å². The third-order valence-electron chi connectivity index (χ3n) is 5.63. The molecule has 4 fully saturated rings. The van der Waals surface area contributed by atoms with Crippen LogP contribution in [0, 0.1) is 17.8 Å². The van der Waals surface area contributed by atoms with E-state index in [1.165, 1.54) is 0 Å². The fourth-order valence-electron chi connectivity index (χ4n) is 5.03. The molecule has 0 amide bonds. The molecule has 4 aliphatic rings. The van der Waals surface area contributed by atoms with Crippen LogP contribution in [0.1, 0.15) is 38.5 Å². The molecular weight excluding hydrogens is 275 g/mol. The molecule has 4 bridgehead atoms. The fraction of sp³-hybridized carbons (Fsp3) is 1.00. The Kier molecular flexibility index (Phi) is 2.09. The van der Waals surface area contributed by atoms with Gasteiger partial charge in [0.2, 0.25) is 0 Å². The van der Waals surface area contributed by atoms with Crippen LogP contribution in [-0.2, 0) is 0 Å². The van der Waals surface area contributed by atoms with Crippen LogP contribution in [0.5, 0.6) is 0 Å². The van der Waals surface area contributed by atoms with Crippen molar-refractivity contribution in [3.8, 4) is 0 Å². The molecule has 4 aliphatic carbocycles. The van der Waals surface area contributed by atoms with Gasteiger partial charge in [0.15, 0.2) is 0 Å². The van der Waals surface area contributed by atoms with E-state index in [0.29, 0.717) is 0 Å². The van der Waals surface area contributed by atoms with Crippen LogP contribution in [0.4, 0.5) is 0 Å². The van der Waals surface area contributed by atoms with E-state index in [0.717, 1.165) is 21.2 Å². The van der Waals surface area contributed by atoms with Crippen LogP contribution in [0.3, 0.4) is 0 Å². The molecule has 0 spiro atoms. The van der Waals surface area contributed by atoms with Crippen molar-refractivity contribution in [2.45, 2.75) is 56.8 Å². The van der Waals surface area contributed by atoms with Gasteiger partial charge in [0.05, 0.1) is 0 Å². The molecule has 80 valence electrons.